The summed E-state index contributed by atoms with van der Waals surface area (Å²) in [7, 11) is 0. The molecule has 0 aromatic carbocycles. The number of halogens is 3. The van der Waals surface area contributed by atoms with Gasteiger partial charge in [0.15, 0.2) is 0 Å². The molecule has 2 nitrogen and oxygen atoms in total. The third-order valence-electron chi connectivity index (χ3n) is 0.354. The maximum atomic E-state index is 9.98. The fraction of sp³-hybridized carbons (Fsp3) is 0. The van der Waals surface area contributed by atoms with Gasteiger partial charge in [0.05, 0.1) is 3.39 Å². The minimum Gasteiger partial charge on any atom is -0.477 e. The molecule has 0 saturated carbocycles. The van der Waals surface area contributed by atoms with E-state index < -0.39 is 5.97 Å². The van der Waals surface area contributed by atoms with Crippen LogP contribution in [-0.4, -0.2) is 11.1 Å². The van der Waals surface area contributed by atoms with E-state index in [1.54, 1.807) is 0 Å². The first kappa shape index (κ1) is 13.2. The summed E-state index contributed by atoms with van der Waals surface area (Å²) in [5.74, 6) is -1.01. The van der Waals surface area contributed by atoms with Crippen LogP contribution in [-0.2, 0) is 32.1 Å². The molecule has 6 heteroatoms. The Morgan fingerprint density at radius 3 is 1.56 bits per heavy atom. The van der Waals surface area contributed by atoms with E-state index in [-0.39, 0.29) is 31.8 Å². The van der Waals surface area contributed by atoms with Crippen molar-refractivity contribution in [3.63, 3.8) is 0 Å². The van der Waals surface area contributed by atoms with Gasteiger partial charge in [0.25, 0.3) is 0 Å². The molecule has 48 valence electrons. The van der Waals surface area contributed by atoms with Crippen molar-refractivity contribution in [2.24, 2.45) is 0 Å². The van der Waals surface area contributed by atoms with E-state index in [2.05, 4.69) is 47.8 Å². The Morgan fingerprint density at radius 2 is 1.56 bits per heavy atom. The standard InChI is InChI=1S/C3HBr3O2.Cd/c4-1(2(5)6)3(7)8;/h(H,7,8);. The van der Waals surface area contributed by atoms with Gasteiger partial charge in [-0.3, -0.25) is 0 Å². The van der Waals surface area contributed by atoms with Crippen LogP contribution >= 0.6 is 47.8 Å². The monoisotopic (exact) mass is 420 g/mol. The zero-order valence-corrected chi connectivity index (χ0v) is 13.0. The van der Waals surface area contributed by atoms with E-state index in [0.29, 0.717) is 3.39 Å². The van der Waals surface area contributed by atoms with Crippen LogP contribution in [0.3, 0.4) is 0 Å². The minimum atomic E-state index is -1.01. The van der Waals surface area contributed by atoms with E-state index >= 15 is 0 Å². The van der Waals surface area contributed by atoms with Crippen molar-refractivity contribution in [1.82, 2.24) is 0 Å². The fourth-order valence-corrected chi connectivity index (χ4v) is 0.420. The van der Waals surface area contributed by atoms with E-state index in [1.807, 2.05) is 0 Å². The van der Waals surface area contributed by atoms with E-state index in [0.717, 1.165) is 0 Å². The summed E-state index contributed by atoms with van der Waals surface area (Å²) in [5, 5.41) is 8.19. The van der Waals surface area contributed by atoms with Gasteiger partial charge in [-0.25, -0.2) is 4.79 Å². The maximum absolute atomic E-state index is 9.98. The summed E-state index contributed by atoms with van der Waals surface area (Å²) in [6.07, 6.45) is 0. The van der Waals surface area contributed by atoms with Gasteiger partial charge < -0.3 is 5.11 Å². The number of hydrogen-bond donors (Lipinski definition) is 1. The van der Waals surface area contributed by atoms with Crippen molar-refractivity contribution in [1.29, 1.82) is 0 Å². The van der Waals surface area contributed by atoms with Gasteiger partial charge in [0, 0.05) is 27.3 Å². The third kappa shape index (κ3) is 5.99. The van der Waals surface area contributed by atoms with Crippen molar-refractivity contribution >= 4 is 53.8 Å². The molecule has 0 aliphatic rings. The second kappa shape index (κ2) is 6.29. The number of carboxylic acid groups (broad SMARTS) is 1. The fourth-order valence-electron chi connectivity index (χ4n) is 0.0808. The number of hydrogen-bond acceptors (Lipinski definition) is 1. The average molecular weight is 421 g/mol. The summed E-state index contributed by atoms with van der Waals surface area (Å²) in [6.45, 7) is 0. The summed E-state index contributed by atoms with van der Waals surface area (Å²) < 4.78 is 0.481. The van der Waals surface area contributed by atoms with E-state index in [9.17, 15) is 4.79 Å². The predicted molar refractivity (Wildman–Crippen MR) is 41.4 cm³/mol. The first-order chi connectivity index (χ1) is 3.55. The van der Waals surface area contributed by atoms with Crippen LogP contribution in [0.2, 0.25) is 0 Å². The molecular formula is C3HBr3CdO2. The summed E-state index contributed by atoms with van der Waals surface area (Å²) in [6, 6.07) is 0. The largest absolute Gasteiger partial charge is 0.477 e. The molecule has 0 saturated heterocycles. The van der Waals surface area contributed by atoms with Crippen LogP contribution in [0.25, 0.3) is 0 Å². The van der Waals surface area contributed by atoms with Crippen LogP contribution in [0.4, 0.5) is 0 Å². The Morgan fingerprint density at radius 1 is 1.22 bits per heavy atom. The van der Waals surface area contributed by atoms with Crippen molar-refractivity contribution in [2.45, 2.75) is 0 Å². The molecule has 0 atom stereocenters. The van der Waals surface area contributed by atoms with E-state index in [4.69, 9.17) is 5.11 Å². The van der Waals surface area contributed by atoms with E-state index in [1.165, 1.54) is 0 Å². The third-order valence-corrected chi connectivity index (χ3v) is 2.95. The van der Waals surface area contributed by atoms with Gasteiger partial charge in [0.2, 0.25) is 0 Å². The molecule has 0 fully saturated rings. The quantitative estimate of drug-likeness (QED) is 0.522. The molecular weight excluding hydrogens is 420 g/mol. The molecule has 1 N–H and O–H groups in total. The molecule has 0 heterocycles. The van der Waals surface area contributed by atoms with Crippen molar-refractivity contribution in [3.8, 4) is 0 Å². The van der Waals surface area contributed by atoms with Gasteiger partial charge in [-0.15, -0.1) is 0 Å². The molecule has 0 aliphatic heterocycles. The van der Waals surface area contributed by atoms with Gasteiger partial charge in [0.1, 0.15) is 4.48 Å². The second-order valence-electron chi connectivity index (χ2n) is 0.880. The van der Waals surface area contributed by atoms with Crippen LogP contribution < -0.4 is 0 Å². The van der Waals surface area contributed by atoms with Crippen molar-refractivity contribution in [2.75, 3.05) is 0 Å². The number of carbonyl (C=O) groups is 1. The Bertz CT molecular complexity index is 140. The number of aliphatic carboxylic acids is 1. The first-order valence-corrected chi connectivity index (χ1v) is 3.87. The molecule has 0 spiro atoms. The SMILES string of the molecule is O=C(O)C(Br)=C(Br)Br.[Cd]. The summed E-state index contributed by atoms with van der Waals surface area (Å²) in [5.41, 5.74) is 0. The topological polar surface area (TPSA) is 37.3 Å². The molecule has 9 heavy (non-hydrogen) atoms. The van der Waals surface area contributed by atoms with Crippen molar-refractivity contribution < 1.29 is 37.2 Å². The van der Waals surface area contributed by atoms with Crippen LogP contribution in [0, 0.1) is 0 Å². The number of carboxylic acids is 1. The van der Waals surface area contributed by atoms with Crippen LogP contribution in [0.15, 0.2) is 7.87 Å². The normalized spacial score (nSPS) is 7.44. The van der Waals surface area contributed by atoms with Gasteiger partial charge in [-0.1, -0.05) is 0 Å². The zero-order chi connectivity index (χ0) is 6.73. The minimum absolute atomic E-state index is 0. The van der Waals surface area contributed by atoms with Crippen LogP contribution in [0.5, 0.6) is 0 Å². The average Bonchev–Trinajstić information content (AvgIpc) is 1.64. The molecule has 0 unspecified atom stereocenters. The predicted octanol–water partition coefficient (Wildman–Crippen LogP) is 2.42. The maximum Gasteiger partial charge on any atom is 0.344 e. The summed E-state index contributed by atoms with van der Waals surface area (Å²) >= 11 is 8.61. The molecule has 0 aromatic heterocycles. The molecule has 0 bridgehead atoms. The molecule has 0 aromatic rings. The number of rotatable bonds is 1. The summed E-state index contributed by atoms with van der Waals surface area (Å²) in [4.78, 5) is 9.98. The Kier molecular flexibility index (Phi) is 9.22. The molecule has 0 amide bonds. The molecule has 0 rings (SSSR count). The molecule has 0 radical (unpaired) electrons. The smallest absolute Gasteiger partial charge is 0.344 e. The first-order valence-electron chi connectivity index (χ1n) is 1.49. The van der Waals surface area contributed by atoms with Gasteiger partial charge in [-0.05, 0) is 47.8 Å². The Balaban J connectivity index is 0. The second-order valence-corrected chi connectivity index (χ2v) is 4.32. The van der Waals surface area contributed by atoms with Gasteiger partial charge >= 0.3 is 5.97 Å². The Hall–Kier alpha value is 1.57. The molecule has 0 aliphatic carbocycles. The Labute approximate surface area is 97.6 Å². The zero-order valence-electron chi connectivity index (χ0n) is 4.20. The van der Waals surface area contributed by atoms with Crippen LogP contribution in [0.1, 0.15) is 0 Å². The van der Waals surface area contributed by atoms with Crippen molar-refractivity contribution in [3.05, 3.63) is 7.87 Å². The van der Waals surface area contributed by atoms with Gasteiger partial charge in [-0.2, -0.15) is 0 Å².